The summed E-state index contributed by atoms with van der Waals surface area (Å²) in [6.07, 6.45) is 0.794. The number of halogens is 1. The molecule has 0 aliphatic carbocycles. The Hall–Kier alpha value is -2.25. The Morgan fingerprint density at radius 3 is 2.22 bits per heavy atom. The van der Waals surface area contributed by atoms with E-state index in [1.807, 2.05) is 11.7 Å². The van der Waals surface area contributed by atoms with Gasteiger partial charge in [0.2, 0.25) is 5.91 Å². The van der Waals surface area contributed by atoms with E-state index < -0.39 is 0 Å². The molecule has 2 aromatic rings. The molecule has 0 spiro atoms. The second kappa shape index (κ2) is 10.1. The average Bonchev–Trinajstić information content (AvgIpc) is 2.94. The highest BCUT2D eigenvalue weighted by Crippen LogP contribution is 2.29. The van der Waals surface area contributed by atoms with Crippen molar-refractivity contribution in [1.82, 2.24) is 24.9 Å². The number of nitrogens with one attached hydrogen (secondary N) is 1. The summed E-state index contributed by atoms with van der Waals surface area (Å²) in [7, 11) is 1.99. The monoisotopic (exact) mass is 443 g/mol. The number of nitrogens with zero attached hydrogens (tertiary/aromatic N) is 4. The molecule has 0 saturated carbocycles. The van der Waals surface area contributed by atoms with Crippen LogP contribution in [0.5, 0.6) is 0 Å². The standard InChI is InChI=1S/C25H38FN5O/c1-18-22(19(2)29(6)28-18)16-30-11-13-31(14-12-30)17-24(32)27-23(15-25(3,4)5)20-7-9-21(26)10-8-20/h7-10,23H,11-17H2,1-6H3,(H,27,32). The largest absolute Gasteiger partial charge is 0.348 e. The SMILES string of the molecule is Cc1nn(C)c(C)c1CN1CCN(CC(=O)NC(CC(C)(C)C)c2ccc(F)cc2)CC1. The van der Waals surface area contributed by atoms with Gasteiger partial charge in [-0.05, 0) is 43.4 Å². The van der Waals surface area contributed by atoms with E-state index in [0.29, 0.717) is 6.54 Å². The lowest BCUT2D eigenvalue weighted by molar-refractivity contribution is -0.123. The van der Waals surface area contributed by atoms with Crippen LogP contribution in [0.3, 0.4) is 0 Å². The minimum absolute atomic E-state index is 0.0240. The van der Waals surface area contributed by atoms with E-state index in [-0.39, 0.29) is 23.2 Å². The molecule has 7 heteroatoms. The van der Waals surface area contributed by atoms with Gasteiger partial charge in [0.1, 0.15) is 5.82 Å². The van der Waals surface area contributed by atoms with Crippen LogP contribution in [0.15, 0.2) is 24.3 Å². The molecule has 1 fully saturated rings. The molecule has 1 N–H and O–H groups in total. The minimum atomic E-state index is -0.260. The van der Waals surface area contributed by atoms with Crippen molar-refractivity contribution in [2.24, 2.45) is 12.5 Å². The van der Waals surface area contributed by atoms with Crippen molar-refractivity contribution in [2.75, 3.05) is 32.7 Å². The highest BCUT2D eigenvalue weighted by Gasteiger charge is 2.25. The number of aryl methyl sites for hydroxylation is 2. The van der Waals surface area contributed by atoms with Crippen LogP contribution in [0.4, 0.5) is 4.39 Å². The molecule has 1 aliphatic heterocycles. The predicted molar refractivity (Wildman–Crippen MR) is 126 cm³/mol. The Morgan fingerprint density at radius 2 is 1.69 bits per heavy atom. The van der Waals surface area contributed by atoms with Crippen LogP contribution < -0.4 is 5.32 Å². The van der Waals surface area contributed by atoms with E-state index in [0.717, 1.165) is 50.4 Å². The third-order valence-electron chi connectivity index (χ3n) is 6.30. The van der Waals surface area contributed by atoms with Crippen molar-refractivity contribution >= 4 is 5.91 Å². The van der Waals surface area contributed by atoms with Gasteiger partial charge < -0.3 is 5.32 Å². The summed E-state index contributed by atoms with van der Waals surface area (Å²) < 4.78 is 15.3. The van der Waals surface area contributed by atoms with Crippen molar-refractivity contribution in [3.05, 3.63) is 52.6 Å². The van der Waals surface area contributed by atoms with Crippen molar-refractivity contribution in [3.8, 4) is 0 Å². The van der Waals surface area contributed by atoms with Crippen molar-refractivity contribution in [3.63, 3.8) is 0 Å². The number of hydrogen-bond donors (Lipinski definition) is 1. The fourth-order valence-electron chi connectivity index (χ4n) is 4.38. The van der Waals surface area contributed by atoms with Crippen LogP contribution in [0.1, 0.15) is 55.7 Å². The number of hydrogen-bond acceptors (Lipinski definition) is 4. The second-order valence-electron chi connectivity index (χ2n) is 10.3. The van der Waals surface area contributed by atoms with Gasteiger partial charge in [0.25, 0.3) is 0 Å². The average molecular weight is 444 g/mol. The predicted octanol–water partition coefficient (Wildman–Crippen LogP) is 3.59. The molecule has 1 aromatic carbocycles. The zero-order chi connectivity index (χ0) is 23.5. The molecule has 32 heavy (non-hydrogen) atoms. The molecule has 0 radical (unpaired) electrons. The lowest BCUT2D eigenvalue weighted by Gasteiger charge is -2.35. The van der Waals surface area contributed by atoms with Crippen LogP contribution in [0, 0.1) is 25.1 Å². The summed E-state index contributed by atoms with van der Waals surface area (Å²) in [5.74, 6) is -0.236. The summed E-state index contributed by atoms with van der Waals surface area (Å²) in [6.45, 7) is 15.5. The van der Waals surface area contributed by atoms with Gasteiger partial charge in [-0.1, -0.05) is 32.9 Å². The van der Waals surface area contributed by atoms with Crippen LogP contribution in [-0.4, -0.2) is 58.2 Å². The first-order valence-corrected chi connectivity index (χ1v) is 11.5. The summed E-state index contributed by atoms with van der Waals surface area (Å²) in [5.41, 5.74) is 4.61. The third-order valence-corrected chi connectivity index (χ3v) is 6.30. The number of benzene rings is 1. The first-order chi connectivity index (χ1) is 15.0. The van der Waals surface area contributed by atoms with E-state index in [1.54, 1.807) is 12.1 Å². The maximum absolute atomic E-state index is 13.4. The molecule has 6 nitrogen and oxygen atoms in total. The van der Waals surface area contributed by atoms with E-state index in [2.05, 4.69) is 54.8 Å². The molecule has 3 rings (SSSR count). The molecule has 2 heterocycles. The topological polar surface area (TPSA) is 53.4 Å². The number of piperazine rings is 1. The van der Waals surface area contributed by atoms with Crippen LogP contribution in [0.25, 0.3) is 0 Å². The highest BCUT2D eigenvalue weighted by atomic mass is 19.1. The van der Waals surface area contributed by atoms with Crippen LogP contribution in [-0.2, 0) is 18.4 Å². The lowest BCUT2D eigenvalue weighted by Crippen LogP contribution is -2.49. The zero-order valence-electron chi connectivity index (χ0n) is 20.4. The molecular formula is C25H38FN5O. The Bertz CT molecular complexity index is 908. The molecule has 1 aliphatic rings. The van der Waals surface area contributed by atoms with Gasteiger partial charge >= 0.3 is 0 Å². The Labute approximate surface area is 191 Å². The van der Waals surface area contributed by atoms with E-state index in [1.165, 1.54) is 23.4 Å². The van der Waals surface area contributed by atoms with Gasteiger partial charge in [0, 0.05) is 51.0 Å². The summed E-state index contributed by atoms with van der Waals surface area (Å²) in [6, 6.07) is 6.34. The zero-order valence-corrected chi connectivity index (χ0v) is 20.4. The molecule has 1 atom stereocenters. The maximum Gasteiger partial charge on any atom is 0.234 e. The summed E-state index contributed by atoms with van der Waals surface area (Å²) >= 11 is 0. The number of carbonyl (C=O) groups excluding carboxylic acids is 1. The first kappa shape index (κ1) is 24.4. The van der Waals surface area contributed by atoms with Gasteiger partial charge in [0.05, 0.1) is 18.3 Å². The Morgan fingerprint density at radius 1 is 1.09 bits per heavy atom. The second-order valence-corrected chi connectivity index (χ2v) is 10.3. The van der Waals surface area contributed by atoms with Crippen molar-refractivity contribution in [2.45, 2.75) is 53.6 Å². The number of rotatable bonds is 7. The van der Waals surface area contributed by atoms with E-state index in [4.69, 9.17) is 0 Å². The number of carbonyl (C=O) groups is 1. The Balaban J connectivity index is 1.53. The molecule has 1 aromatic heterocycles. The van der Waals surface area contributed by atoms with Crippen LogP contribution >= 0.6 is 0 Å². The normalized spacial score (nSPS) is 16.8. The molecular weight excluding hydrogens is 405 g/mol. The molecule has 1 amide bonds. The minimum Gasteiger partial charge on any atom is -0.348 e. The molecule has 1 unspecified atom stereocenters. The quantitative estimate of drug-likeness (QED) is 0.711. The fraction of sp³-hybridized carbons (Fsp3) is 0.600. The van der Waals surface area contributed by atoms with Gasteiger partial charge in [-0.15, -0.1) is 0 Å². The molecule has 176 valence electrons. The Kier molecular flexibility index (Phi) is 7.72. The molecule has 0 bridgehead atoms. The van der Waals surface area contributed by atoms with E-state index >= 15 is 0 Å². The van der Waals surface area contributed by atoms with Gasteiger partial charge in [0.15, 0.2) is 0 Å². The highest BCUT2D eigenvalue weighted by molar-refractivity contribution is 5.78. The fourth-order valence-corrected chi connectivity index (χ4v) is 4.38. The number of aromatic nitrogens is 2. The molecule has 1 saturated heterocycles. The van der Waals surface area contributed by atoms with Gasteiger partial charge in [-0.25, -0.2) is 4.39 Å². The summed E-state index contributed by atoms with van der Waals surface area (Å²) in [5, 5.41) is 7.72. The van der Waals surface area contributed by atoms with Crippen molar-refractivity contribution < 1.29 is 9.18 Å². The maximum atomic E-state index is 13.4. The van der Waals surface area contributed by atoms with E-state index in [9.17, 15) is 9.18 Å². The third kappa shape index (κ3) is 6.62. The smallest absolute Gasteiger partial charge is 0.234 e. The number of amides is 1. The van der Waals surface area contributed by atoms with Crippen molar-refractivity contribution in [1.29, 1.82) is 0 Å². The first-order valence-electron chi connectivity index (χ1n) is 11.5. The summed E-state index contributed by atoms with van der Waals surface area (Å²) in [4.78, 5) is 17.5. The van der Waals surface area contributed by atoms with Gasteiger partial charge in [-0.3, -0.25) is 19.3 Å². The van der Waals surface area contributed by atoms with Gasteiger partial charge in [-0.2, -0.15) is 5.10 Å². The lowest BCUT2D eigenvalue weighted by atomic mass is 9.85. The van der Waals surface area contributed by atoms with Crippen LogP contribution in [0.2, 0.25) is 0 Å².